The van der Waals surface area contributed by atoms with Crippen LogP contribution < -0.4 is 29.6 Å². The van der Waals surface area contributed by atoms with Gasteiger partial charge in [0.2, 0.25) is 0 Å². The molecule has 4 rings (SSSR count). The zero-order valence-electron chi connectivity index (χ0n) is 16.8. The number of para-hydroxylation sites is 2. The Bertz CT molecular complexity index is 1110. The molecule has 0 atom stereocenters. The van der Waals surface area contributed by atoms with Gasteiger partial charge in [-0.15, -0.1) is 0 Å². The van der Waals surface area contributed by atoms with Gasteiger partial charge in [-0.1, -0.05) is 66.4 Å². The number of nitrogens with zero attached hydrogens (tertiary/aromatic N) is 2. The minimum absolute atomic E-state index is 0. The van der Waals surface area contributed by atoms with Crippen LogP contribution in [0.3, 0.4) is 0 Å². The van der Waals surface area contributed by atoms with Crippen molar-refractivity contribution in [1.82, 2.24) is 9.55 Å². The van der Waals surface area contributed by atoms with Gasteiger partial charge in [-0.3, -0.25) is 4.79 Å². The van der Waals surface area contributed by atoms with Gasteiger partial charge in [-0.2, -0.15) is 0 Å². The van der Waals surface area contributed by atoms with Crippen molar-refractivity contribution in [3.05, 3.63) is 72.3 Å². The topological polar surface area (TPSA) is 55.1 Å². The Morgan fingerprint density at radius 1 is 1.04 bits per heavy atom. The van der Waals surface area contributed by atoms with Gasteiger partial charge in [0.25, 0.3) is 0 Å². The molecule has 0 saturated carbocycles. The average molecular weight is 400 g/mol. The molecule has 0 fully saturated rings. The summed E-state index contributed by atoms with van der Waals surface area (Å²) in [7, 11) is 0. The van der Waals surface area contributed by atoms with Gasteiger partial charge in [-0.25, -0.2) is 4.98 Å². The number of fused-ring (bicyclic) bond motifs is 2. The average Bonchev–Trinajstić information content (AvgIpc) is 3.03. The second-order valence-corrected chi connectivity index (χ2v) is 7.52. The maximum atomic E-state index is 10.8. The third-order valence-corrected chi connectivity index (χ3v) is 5.66. The predicted octanol–water partition coefficient (Wildman–Crippen LogP) is 2.31. The molecule has 6 heteroatoms. The van der Waals surface area contributed by atoms with E-state index in [-0.39, 0.29) is 37.4 Å². The number of benzene rings is 3. The van der Waals surface area contributed by atoms with Crippen LogP contribution in [-0.2, 0) is 11.3 Å². The third-order valence-electron chi connectivity index (χ3n) is 4.59. The van der Waals surface area contributed by atoms with Crippen LogP contribution in [0.2, 0.25) is 0 Å². The first-order chi connectivity index (χ1) is 13.2. The summed E-state index contributed by atoms with van der Waals surface area (Å²) < 4.78 is 2.24. The number of aliphatic carboxylic acids is 1. The molecule has 4 aromatic rings. The number of hydrogen-bond donors (Lipinski definition) is 1. The van der Waals surface area contributed by atoms with Crippen LogP contribution in [0.25, 0.3) is 21.8 Å². The standard InChI is InChI=1S/C22H20N2O2S.Na.H/c25-21(26)13-6-14-27-22-23-19-11-3-4-12-20(19)24(22)15-17-9-5-8-16-7-1-2-10-18(16)17;;/h1-5,7-12H,6,13-15H2,(H,25,26);;/q;+1;-1. The van der Waals surface area contributed by atoms with Crippen molar-refractivity contribution >= 4 is 39.5 Å². The molecule has 138 valence electrons. The Balaban J connectivity index is 0.00000150. The Morgan fingerprint density at radius 2 is 1.79 bits per heavy atom. The summed E-state index contributed by atoms with van der Waals surface area (Å²) in [4.78, 5) is 15.5. The summed E-state index contributed by atoms with van der Waals surface area (Å²) in [6.45, 7) is 0.739. The van der Waals surface area contributed by atoms with Crippen molar-refractivity contribution < 1.29 is 40.9 Å². The number of carbonyl (C=O) groups is 1. The van der Waals surface area contributed by atoms with Crippen LogP contribution in [0.15, 0.2) is 71.9 Å². The molecule has 0 saturated heterocycles. The van der Waals surface area contributed by atoms with Crippen molar-refractivity contribution in [3.63, 3.8) is 0 Å². The Morgan fingerprint density at radius 3 is 2.64 bits per heavy atom. The number of rotatable bonds is 7. The van der Waals surface area contributed by atoms with Gasteiger partial charge in [0.05, 0.1) is 17.6 Å². The summed E-state index contributed by atoms with van der Waals surface area (Å²) in [5.41, 5.74) is 3.33. The predicted molar refractivity (Wildman–Crippen MR) is 111 cm³/mol. The van der Waals surface area contributed by atoms with E-state index in [1.54, 1.807) is 11.8 Å². The van der Waals surface area contributed by atoms with Crippen LogP contribution >= 0.6 is 11.8 Å². The van der Waals surface area contributed by atoms with E-state index in [1.807, 2.05) is 18.2 Å². The number of hydrogen-bond acceptors (Lipinski definition) is 3. The molecule has 28 heavy (non-hydrogen) atoms. The van der Waals surface area contributed by atoms with Gasteiger partial charge in [0.1, 0.15) is 0 Å². The molecule has 0 aliphatic carbocycles. The Hall–Kier alpha value is -1.79. The molecule has 0 aliphatic rings. The van der Waals surface area contributed by atoms with Gasteiger partial charge >= 0.3 is 35.5 Å². The molecule has 3 aromatic carbocycles. The quantitative estimate of drug-likeness (QED) is 0.294. The minimum atomic E-state index is -0.750. The molecule has 1 heterocycles. The number of carboxylic acid groups (broad SMARTS) is 1. The van der Waals surface area contributed by atoms with Crippen molar-refractivity contribution in [2.75, 3.05) is 5.75 Å². The van der Waals surface area contributed by atoms with Crippen molar-refractivity contribution in [1.29, 1.82) is 0 Å². The monoisotopic (exact) mass is 400 g/mol. The second kappa shape index (κ2) is 9.61. The fourth-order valence-electron chi connectivity index (χ4n) is 3.30. The van der Waals surface area contributed by atoms with Gasteiger partial charge in [0.15, 0.2) is 5.16 Å². The molecule has 0 bridgehead atoms. The summed E-state index contributed by atoms with van der Waals surface area (Å²) in [6, 6.07) is 22.9. The summed E-state index contributed by atoms with van der Waals surface area (Å²) >= 11 is 1.63. The molecule has 0 aliphatic heterocycles. The first-order valence-electron chi connectivity index (χ1n) is 8.99. The summed E-state index contributed by atoms with van der Waals surface area (Å²) in [5.74, 6) is -0.00890. The van der Waals surface area contributed by atoms with E-state index in [0.29, 0.717) is 6.42 Å². The van der Waals surface area contributed by atoms with Crippen LogP contribution in [0.4, 0.5) is 0 Å². The van der Waals surface area contributed by atoms with E-state index in [4.69, 9.17) is 10.1 Å². The second-order valence-electron chi connectivity index (χ2n) is 6.45. The maximum Gasteiger partial charge on any atom is 1.00 e. The SMILES string of the molecule is O=C(O)CCCSc1nc2ccccc2n1Cc1cccc2ccccc12.[H-].[Na+]. The zero-order chi connectivity index (χ0) is 18.6. The van der Waals surface area contributed by atoms with E-state index in [0.717, 1.165) is 28.5 Å². The summed E-state index contributed by atoms with van der Waals surface area (Å²) in [5, 5.41) is 12.3. The number of thioether (sulfide) groups is 1. The van der Waals surface area contributed by atoms with Crippen molar-refractivity contribution in [2.24, 2.45) is 0 Å². The van der Waals surface area contributed by atoms with Crippen LogP contribution in [0.5, 0.6) is 0 Å². The fourth-order valence-corrected chi connectivity index (χ4v) is 4.26. The van der Waals surface area contributed by atoms with Gasteiger partial charge in [-0.05, 0) is 34.9 Å². The molecular formula is C22H21N2NaO2S. The van der Waals surface area contributed by atoms with Gasteiger partial charge in [0, 0.05) is 12.2 Å². The number of aromatic nitrogens is 2. The molecule has 4 nitrogen and oxygen atoms in total. The maximum absolute atomic E-state index is 10.8. The smallest absolute Gasteiger partial charge is 1.00 e. The number of carboxylic acids is 1. The Labute approximate surface area is 191 Å². The first kappa shape index (κ1) is 20.9. The van der Waals surface area contributed by atoms with E-state index < -0.39 is 5.97 Å². The van der Waals surface area contributed by atoms with Crippen LogP contribution in [0, 0.1) is 0 Å². The van der Waals surface area contributed by atoms with Crippen molar-refractivity contribution in [2.45, 2.75) is 24.5 Å². The van der Waals surface area contributed by atoms with Crippen LogP contribution in [-0.4, -0.2) is 26.4 Å². The first-order valence-corrected chi connectivity index (χ1v) is 9.97. The molecule has 1 N–H and O–H groups in total. The molecule has 0 spiro atoms. The molecule has 0 amide bonds. The Kier molecular flexibility index (Phi) is 7.18. The molecule has 0 radical (unpaired) electrons. The third kappa shape index (κ3) is 4.61. The largest absolute Gasteiger partial charge is 1.00 e. The molecule has 1 aromatic heterocycles. The van der Waals surface area contributed by atoms with Gasteiger partial charge < -0.3 is 11.1 Å². The zero-order valence-corrected chi connectivity index (χ0v) is 18.7. The van der Waals surface area contributed by atoms with Crippen molar-refractivity contribution in [3.8, 4) is 0 Å². The van der Waals surface area contributed by atoms with E-state index >= 15 is 0 Å². The molecule has 0 unspecified atom stereocenters. The van der Waals surface area contributed by atoms with Crippen LogP contribution in [0.1, 0.15) is 19.8 Å². The minimum Gasteiger partial charge on any atom is -1.00 e. The summed E-state index contributed by atoms with van der Waals surface area (Å²) in [6.07, 6.45) is 0.827. The normalized spacial score (nSPS) is 10.9. The van der Waals surface area contributed by atoms with E-state index in [2.05, 4.69) is 53.1 Å². The number of imidazole rings is 1. The van der Waals surface area contributed by atoms with E-state index in [9.17, 15) is 4.79 Å². The fraction of sp³-hybridized carbons (Fsp3) is 0.182. The van der Waals surface area contributed by atoms with E-state index in [1.165, 1.54) is 16.3 Å². The molecular weight excluding hydrogens is 379 g/mol.